The second-order valence-corrected chi connectivity index (χ2v) is 10.3. The molecule has 1 aliphatic heterocycles. The number of hydrogen-bond acceptors (Lipinski definition) is 10. The number of likely N-dealkylation sites (N-methyl/N-ethyl adjacent to an activating group) is 1. The minimum atomic E-state index is -1.10. The fourth-order valence-corrected chi connectivity index (χ4v) is 5.26. The average Bonchev–Trinajstić information content (AvgIpc) is 3.35. The zero-order valence-electron chi connectivity index (χ0n) is 23.2. The van der Waals surface area contributed by atoms with Gasteiger partial charge in [0, 0.05) is 55.3 Å². The van der Waals surface area contributed by atoms with Gasteiger partial charge in [0.1, 0.15) is 11.1 Å². The van der Waals surface area contributed by atoms with Crippen molar-refractivity contribution in [3.05, 3.63) is 83.4 Å². The third-order valence-corrected chi connectivity index (χ3v) is 7.46. The van der Waals surface area contributed by atoms with Gasteiger partial charge in [0.25, 0.3) is 5.56 Å². The van der Waals surface area contributed by atoms with Crippen LogP contribution in [-0.4, -0.2) is 84.9 Å². The number of ether oxygens (including phenoxy) is 1. The molecule has 13 heteroatoms. The van der Waals surface area contributed by atoms with Crippen molar-refractivity contribution in [3.8, 4) is 11.6 Å². The first-order chi connectivity index (χ1) is 20.9. The largest absolute Gasteiger partial charge is 0.482 e. The lowest BCUT2D eigenvalue weighted by Gasteiger charge is -2.34. The summed E-state index contributed by atoms with van der Waals surface area (Å²) in [7, 11) is 2.13. The van der Waals surface area contributed by atoms with Gasteiger partial charge in [-0.1, -0.05) is 6.07 Å². The minimum Gasteiger partial charge on any atom is -0.482 e. The van der Waals surface area contributed by atoms with Gasteiger partial charge in [0.15, 0.2) is 23.7 Å². The number of carbonyl (C=O) groups is 1. The van der Waals surface area contributed by atoms with E-state index in [1.54, 1.807) is 41.2 Å². The van der Waals surface area contributed by atoms with E-state index in [1.807, 2.05) is 18.2 Å². The van der Waals surface area contributed by atoms with E-state index in [2.05, 4.69) is 49.2 Å². The van der Waals surface area contributed by atoms with Gasteiger partial charge in [-0.05, 0) is 61.6 Å². The Morgan fingerprint density at radius 3 is 2.53 bits per heavy atom. The predicted octanol–water partition coefficient (Wildman–Crippen LogP) is 2.94. The number of anilines is 3. The molecule has 7 rings (SSSR count). The van der Waals surface area contributed by atoms with Crippen LogP contribution < -0.4 is 20.5 Å². The normalized spacial score (nSPS) is 14.0. The maximum atomic E-state index is 13.9. The number of carboxylic acid groups (broad SMARTS) is 1. The molecule has 1 fully saturated rings. The molecule has 0 saturated carbocycles. The van der Waals surface area contributed by atoms with E-state index in [4.69, 9.17) is 14.8 Å². The van der Waals surface area contributed by atoms with Crippen LogP contribution in [0.3, 0.4) is 0 Å². The molecule has 2 aromatic carbocycles. The van der Waals surface area contributed by atoms with E-state index >= 15 is 0 Å². The highest BCUT2D eigenvalue weighted by molar-refractivity contribution is 5.96. The molecule has 0 amide bonds. The number of piperazine rings is 1. The lowest BCUT2D eigenvalue weighted by atomic mass is 10.2. The molecule has 0 unspecified atom stereocenters. The molecule has 0 bridgehead atoms. The lowest BCUT2D eigenvalue weighted by molar-refractivity contribution is -0.139. The van der Waals surface area contributed by atoms with Crippen molar-refractivity contribution < 1.29 is 14.6 Å². The van der Waals surface area contributed by atoms with E-state index < -0.39 is 12.6 Å². The van der Waals surface area contributed by atoms with E-state index in [1.165, 1.54) is 10.7 Å². The van der Waals surface area contributed by atoms with Crippen LogP contribution in [0.5, 0.6) is 5.75 Å². The highest BCUT2D eigenvalue weighted by Crippen LogP contribution is 2.28. The molecule has 0 aliphatic carbocycles. The first kappa shape index (κ1) is 26.3. The summed E-state index contributed by atoms with van der Waals surface area (Å²) in [4.78, 5) is 47.8. The molecule has 43 heavy (non-hydrogen) atoms. The van der Waals surface area contributed by atoms with Gasteiger partial charge in [-0.2, -0.15) is 9.50 Å². The Morgan fingerprint density at radius 2 is 1.79 bits per heavy atom. The average molecular weight is 578 g/mol. The summed E-state index contributed by atoms with van der Waals surface area (Å²) < 4.78 is 8.50. The third-order valence-electron chi connectivity index (χ3n) is 7.46. The van der Waals surface area contributed by atoms with E-state index in [9.17, 15) is 9.59 Å². The van der Waals surface area contributed by atoms with Crippen LogP contribution in [0.25, 0.3) is 33.4 Å². The van der Waals surface area contributed by atoms with E-state index in [-0.39, 0.29) is 16.6 Å². The number of aromatic nitrogens is 6. The molecule has 1 saturated heterocycles. The fraction of sp³-hybridized carbons (Fsp3) is 0.200. The van der Waals surface area contributed by atoms with Gasteiger partial charge in [-0.3, -0.25) is 4.79 Å². The highest BCUT2D eigenvalue weighted by atomic mass is 16.5. The second-order valence-electron chi connectivity index (χ2n) is 10.3. The van der Waals surface area contributed by atoms with Crippen molar-refractivity contribution >= 4 is 50.9 Å². The van der Waals surface area contributed by atoms with Crippen LogP contribution >= 0.6 is 0 Å². The Balaban J connectivity index is 1.29. The summed E-state index contributed by atoms with van der Waals surface area (Å²) in [6.45, 7) is 3.53. The molecule has 0 atom stereocenters. The molecular formula is C30H27N9O4. The number of benzene rings is 2. The Morgan fingerprint density at radius 1 is 0.977 bits per heavy atom. The van der Waals surface area contributed by atoms with Crippen LogP contribution in [0.1, 0.15) is 0 Å². The molecule has 13 nitrogen and oxygen atoms in total. The van der Waals surface area contributed by atoms with Crippen molar-refractivity contribution in [2.24, 2.45) is 0 Å². The quantitative estimate of drug-likeness (QED) is 0.289. The van der Waals surface area contributed by atoms with E-state index in [0.29, 0.717) is 34.1 Å². The molecule has 0 spiro atoms. The minimum absolute atomic E-state index is 0.216. The molecule has 5 heterocycles. The zero-order chi connectivity index (χ0) is 29.5. The summed E-state index contributed by atoms with van der Waals surface area (Å²) in [6, 6.07) is 18.5. The molecule has 216 valence electrons. The first-order valence-corrected chi connectivity index (χ1v) is 13.8. The topological polar surface area (TPSA) is 143 Å². The van der Waals surface area contributed by atoms with Gasteiger partial charge < -0.3 is 25.0 Å². The summed E-state index contributed by atoms with van der Waals surface area (Å²) in [5.41, 5.74) is 2.76. The smallest absolute Gasteiger partial charge is 0.341 e. The number of aliphatic carboxylic acids is 1. The molecule has 2 N–H and O–H groups in total. The van der Waals surface area contributed by atoms with Crippen LogP contribution in [0.4, 0.5) is 17.3 Å². The number of carboxylic acids is 1. The SMILES string of the molecule is CN1CCN(c2ccc(Nc3ncc4c(=O)n5c(nc4n3)c3cc(OCC(=O)O)ccc3n5-c3ccccn3)cc2)CC1. The van der Waals surface area contributed by atoms with Crippen molar-refractivity contribution in [2.75, 3.05) is 50.1 Å². The fourth-order valence-electron chi connectivity index (χ4n) is 5.26. The van der Waals surface area contributed by atoms with E-state index in [0.717, 1.165) is 37.6 Å². The maximum Gasteiger partial charge on any atom is 0.341 e. The third kappa shape index (κ3) is 4.95. The molecule has 6 aromatic rings. The number of pyridine rings is 1. The Bertz CT molecular complexity index is 2030. The molecule has 0 radical (unpaired) electrons. The van der Waals surface area contributed by atoms with Crippen LogP contribution in [-0.2, 0) is 4.79 Å². The number of rotatable bonds is 7. The Kier molecular flexibility index (Phi) is 6.55. The highest BCUT2D eigenvalue weighted by Gasteiger charge is 2.20. The number of nitrogens with zero attached hydrogens (tertiary/aromatic N) is 8. The van der Waals surface area contributed by atoms with Crippen molar-refractivity contribution in [2.45, 2.75) is 0 Å². The summed E-state index contributed by atoms with van der Waals surface area (Å²) in [5, 5.41) is 13.1. The molecular weight excluding hydrogens is 550 g/mol. The summed E-state index contributed by atoms with van der Waals surface area (Å²) in [5.74, 6) is 0.0382. The first-order valence-electron chi connectivity index (χ1n) is 13.8. The van der Waals surface area contributed by atoms with Gasteiger partial charge in [0.2, 0.25) is 5.95 Å². The predicted molar refractivity (Wildman–Crippen MR) is 162 cm³/mol. The van der Waals surface area contributed by atoms with Gasteiger partial charge >= 0.3 is 5.97 Å². The number of hydrogen-bond donors (Lipinski definition) is 2. The number of fused-ring (bicyclic) bond motifs is 4. The zero-order valence-corrected chi connectivity index (χ0v) is 23.2. The molecule has 4 aromatic heterocycles. The Labute approximate surface area is 244 Å². The van der Waals surface area contributed by atoms with Gasteiger partial charge in [-0.15, -0.1) is 0 Å². The van der Waals surface area contributed by atoms with Crippen LogP contribution in [0.15, 0.2) is 77.9 Å². The van der Waals surface area contributed by atoms with Crippen LogP contribution in [0.2, 0.25) is 0 Å². The van der Waals surface area contributed by atoms with Gasteiger partial charge in [-0.25, -0.2) is 24.4 Å². The van der Waals surface area contributed by atoms with Crippen LogP contribution in [0, 0.1) is 0 Å². The maximum absolute atomic E-state index is 13.9. The number of nitrogens with one attached hydrogen (secondary N) is 1. The summed E-state index contributed by atoms with van der Waals surface area (Å²) >= 11 is 0. The Hall–Kier alpha value is -5.56. The molecule has 1 aliphatic rings. The monoisotopic (exact) mass is 577 g/mol. The second kappa shape index (κ2) is 10.7. The van der Waals surface area contributed by atoms with Crippen molar-refractivity contribution in [1.29, 1.82) is 0 Å². The summed E-state index contributed by atoms with van der Waals surface area (Å²) in [6.07, 6.45) is 3.10. The standard InChI is InChI=1S/C30H27N9O4/c1-36-12-14-37(15-13-36)20-7-5-19(6-8-20)33-30-32-17-23-27(35-30)34-28-22-16-21(43-18-26(40)41)9-10-24(22)38(39(28)29(23)42)25-4-2-3-11-31-25/h2-11,16-17H,12-15,18H2,1H3,(H,40,41)(H,32,33,35). The van der Waals surface area contributed by atoms with Crippen molar-refractivity contribution in [1.82, 2.24) is 34.0 Å². The van der Waals surface area contributed by atoms with Crippen molar-refractivity contribution in [3.63, 3.8) is 0 Å². The lowest BCUT2D eigenvalue weighted by Crippen LogP contribution is -2.44. The van der Waals surface area contributed by atoms with Gasteiger partial charge in [0.05, 0.1) is 5.52 Å².